The van der Waals surface area contributed by atoms with Crippen LogP contribution in [0, 0.1) is 19.8 Å². The number of anilines is 3. The summed E-state index contributed by atoms with van der Waals surface area (Å²) in [5, 5.41) is 24.2. The van der Waals surface area contributed by atoms with Crippen molar-refractivity contribution in [2.75, 3.05) is 48.8 Å². The van der Waals surface area contributed by atoms with Crippen LogP contribution in [-0.4, -0.2) is 70.5 Å². The van der Waals surface area contributed by atoms with Gasteiger partial charge in [0, 0.05) is 38.3 Å². The van der Waals surface area contributed by atoms with Crippen LogP contribution in [0.1, 0.15) is 42.4 Å². The van der Waals surface area contributed by atoms with Crippen LogP contribution in [0.4, 0.5) is 16.1 Å². The van der Waals surface area contributed by atoms with E-state index in [2.05, 4.69) is 66.8 Å². The van der Waals surface area contributed by atoms with E-state index in [-0.39, 0.29) is 11.9 Å². The number of hydrogen-bond acceptors (Lipinski definition) is 10. The topological polar surface area (TPSA) is 108 Å². The molecule has 3 aromatic rings. The lowest BCUT2D eigenvalue weighted by atomic mass is 9.93. The van der Waals surface area contributed by atoms with Gasteiger partial charge >= 0.3 is 0 Å². The molecule has 2 N–H and O–H groups in total. The molecule has 2 fully saturated rings. The highest BCUT2D eigenvalue weighted by Gasteiger charge is 2.25. The Labute approximate surface area is 227 Å². The average Bonchev–Trinajstić information content (AvgIpc) is 3.55. The molecular weight excluding hydrogens is 500 g/mol. The number of amides is 1. The summed E-state index contributed by atoms with van der Waals surface area (Å²) >= 11 is 1.38. The maximum atomic E-state index is 12.7. The second-order valence-electron chi connectivity index (χ2n) is 10.3. The van der Waals surface area contributed by atoms with Crippen LogP contribution in [-0.2, 0) is 11.3 Å². The van der Waals surface area contributed by atoms with Gasteiger partial charge < -0.3 is 20.3 Å². The standard InChI is InChI=1S/C27H36N8O2S/c1-18-13-21(14-19(2)25(18)37-3)16-34-10-6-20(7-11-34)15-24(36)30-27-33-32-26(38-27)29-22-8-12-35(17-22)23-5-4-9-28-31-23/h4-5,9,13-14,20,22H,6-8,10-12,15-17H2,1-3H3,(H,29,32)(H,30,33,36)/t22-/m1/s1. The van der Waals surface area contributed by atoms with Gasteiger partial charge in [0.05, 0.1) is 7.11 Å². The van der Waals surface area contributed by atoms with Gasteiger partial charge in [0.2, 0.25) is 16.2 Å². The first-order valence-corrected chi connectivity index (χ1v) is 14.1. The summed E-state index contributed by atoms with van der Waals surface area (Å²) in [4.78, 5) is 17.4. The van der Waals surface area contributed by atoms with E-state index in [9.17, 15) is 4.79 Å². The van der Waals surface area contributed by atoms with E-state index in [4.69, 9.17) is 4.74 Å². The first kappa shape index (κ1) is 26.3. The fourth-order valence-electron chi connectivity index (χ4n) is 5.55. The number of benzene rings is 1. The van der Waals surface area contributed by atoms with Crippen LogP contribution in [0.15, 0.2) is 30.5 Å². The number of aromatic nitrogens is 4. The van der Waals surface area contributed by atoms with E-state index in [1.807, 2.05) is 12.1 Å². The van der Waals surface area contributed by atoms with E-state index in [0.29, 0.717) is 17.5 Å². The Hall–Kier alpha value is -3.31. The third-order valence-electron chi connectivity index (χ3n) is 7.38. The molecule has 2 aliphatic heterocycles. The second kappa shape index (κ2) is 12.0. The van der Waals surface area contributed by atoms with Gasteiger partial charge in [-0.1, -0.05) is 23.5 Å². The summed E-state index contributed by atoms with van der Waals surface area (Å²) in [7, 11) is 1.73. The number of nitrogens with zero attached hydrogens (tertiary/aromatic N) is 6. The number of carbonyl (C=O) groups excluding carboxylic acids is 1. The molecule has 202 valence electrons. The highest BCUT2D eigenvalue weighted by atomic mass is 32.1. The predicted molar refractivity (Wildman–Crippen MR) is 150 cm³/mol. The van der Waals surface area contributed by atoms with Crippen molar-refractivity contribution in [2.24, 2.45) is 5.92 Å². The maximum Gasteiger partial charge on any atom is 0.226 e. The van der Waals surface area contributed by atoms with Crippen molar-refractivity contribution in [1.82, 2.24) is 25.3 Å². The molecule has 1 aromatic carbocycles. The molecule has 0 bridgehead atoms. The molecule has 5 rings (SSSR count). The van der Waals surface area contributed by atoms with Crippen LogP contribution in [0.3, 0.4) is 0 Å². The normalized spacial score (nSPS) is 18.5. The van der Waals surface area contributed by atoms with Gasteiger partial charge in [-0.05, 0) is 80.9 Å². The molecule has 1 amide bonds. The van der Waals surface area contributed by atoms with Crippen LogP contribution >= 0.6 is 11.3 Å². The Balaban J connectivity index is 1.04. The highest BCUT2D eigenvalue weighted by Crippen LogP contribution is 2.28. The SMILES string of the molecule is COc1c(C)cc(CN2CCC(CC(=O)Nc3nnc(N[C@@H]4CCN(c5cccnn5)C4)s3)CC2)cc1C. The first-order valence-electron chi connectivity index (χ1n) is 13.3. The van der Waals surface area contributed by atoms with Crippen LogP contribution in [0.25, 0.3) is 0 Å². The van der Waals surface area contributed by atoms with E-state index in [1.54, 1.807) is 13.3 Å². The highest BCUT2D eigenvalue weighted by molar-refractivity contribution is 7.19. The van der Waals surface area contributed by atoms with Crippen molar-refractivity contribution in [1.29, 1.82) is 0 Å². The van der Waals surface area contributed by atoms with Crippen molar-refractivity contribution in [2.45, 2.75) is 52.1 Å². The van der Waals surface area contributed by atoms with Gasteiger partial charge in [0.1, 0.15) is 5.75 Å². The molecular formula is C27H36N8O2S. The maximum absolute atomic E-state index is 12.7. The molecule has 0 saturated carbocycles. The zero-order valence-electron chi connectivity index (χ0n) is 22.3. The number of aryl methyl sites for hydroxylation is 2. The van der Waals surface area contributed by atoms with Crippen LogP contribution < -0.4 is 20.3 Å². The van der Waals surface area contributed by atoms with E-state index < -0.39 is 0 Å². The molecule has 2 aliphatic rings. The molecule has 2 aromatic heterocycles. The minimum Gasteiger partial charge on any atom is -0.496 e. The van der Waals surface area contributed by atoms with Gasteiger partial charge in [-0.15, -0.1) is 15.3 Å². The molecule has 0 aliphatic carbocycles. The minimum atomic E-state index is 0.0160. The number of hydrogen-bond donors (Lipinski definition) is 2. The zero-order valence-corrected chi connectivity index (χ0v) is 23.1. The van der Waals surface area contributed by atoms with Gasteiger partial charge in [-0.2, -0.15) is 5.10 Å². The van der Waals surface area contributed by atoms with Gasteiger partial charge in [0.15, 0.2) is 5.82 Å². The van der Waals surface area contributed by atoms with Gasteiger partial charge in [0.25, 0.3) is 0 Å². The molecule has 2 saturated heterocycles. The van der Waals surface area contributed by atoms with E-state index in [1.165, 1.54) is 28.0 Å². The molecule has 10 nitrogen and oxygen atoms in total. The molecule has 0 unspecified atom stereocenters. The number of piperidine rings is 1. The average molecular weight is 537 g/mol. The van der Waals surface area contributed by atoms with Crippen LogP contribution in [0.2, 0.25) is 0 Å². The van der Waals surface area contributed by atoms with Gasteiger partial charge in [-0.3, -0.25) is 9.69 Å². The first-order chi connectivity index (χ1) is 18.5. The number of methoxy groups -OCH3 is 1. The zero-order chi connectivity index (χ0) is 26.5. The van der Waals surface area contributed by atoms with Crippen molar-refractivity contribution < 1.29 is 9.53 Å². The molecule has 0 spiro atoms. The lowest BCUT2D eigenvalue weighted by Crippen LogP contribution is -2.34. The fraction of sp³-hybridized carbons (Fsp3) is 0.519. The van der Waals surface area contributed by atoms with Crippen LogP contribution in [0.5, 0.6) is 5.75 Å². The minimum absolute atomic E-state index is 0.0160. The predicted octanol–water partition coefficient (Wildman–Crippen LogP) is 3.89. The Bertz CT molecular complexity index is 1210. The van der Waals surface area contributed by atoms with Crippen molar-refractivity contribution >= 4 is 33.3 Å². The molecule has 11 heteroatoms. The fourth-order valence-corrected chi connectivity index (χ4v) is 6.28. The summed E-state index contributed by atoms with van der Waals surface area (Å²) in [5.41, 5.74) is 3.67. The molecule has 4 heterocycles. The molecule has 1 atom stereocenters. The third kappa shape index (κ3) is 6.57. The Kier molecular flexibility index (Phi) is 8.33. The summed E-state index contributed by atoms with van der Waals surface area (Å²) in [5.74, 6) is 2.27. The number of nitrogens with one attached hydrogen (secondary N) is 2. The summed E-state index contributed by atoms with van der Waals surface area (Å²) < 4.78 is 5.50. The monoisotopic (exact) mass is 536 g/mol. The summed E-state index contributed by atoms with van der Waals surface area (Å²) in [6, 6.07) is 8.56. The van der Waals surface area contributed by atoms with Crippen molar-refractivity contribution in [3.63, 3.8) is 0 Å². The third-order valence-corrected chi connectivity index (χ3v) is 8.15. The Morgan fingerprint density at radius 3 is 2.55 bits per heavy atom. The second-order valence-corrected chi connectivity index (χ2v) is 11.3. The van der Waals surface area contributed by atoms with Crippen molar-refractivity contribution in [3.8, 4) is 5.75 Å². The molecule has 38 heavy (non-hydrogen) atoms. The Morgan fingerprint density at radius 2 is 1.84 bits per heavy atom. The lowest BCUT2D eigenvalue weighted by molar-refractivity contribution is -0.117. The van der Waals surface area contributed by atoms with Crippen molar-refractivity contribution in [3.05, 3.63) is 47.2 Å². The van der Waals surface area contributed by atoms with Gasteiger partial charge in [-0.25, -0.2) is 0 Å². The quantitative estimate of drug-likeness (QED) is 0.421. The largest absolute Gasteiger partial charge is 0.496 e. The number of likely N-dealkylation sites (tertiary alicyclic amines) is 1. The van der Waals surface area contributed by atoms with E-state index in [0.717, 1.165) is 68.7 Å². The smallest absolute Gasteiger partial charge is 0.226 e. The number of carbonyl (C=O) groups is 1. The van der Waals surface area contributed by atoms with E-state index >= 15 is 0 Å². The number of rotatable bonds is 9. The molecule has 0 radical (unpaired) electrons. The summed E-state index contributed by atoms with van der Waals surface area (Å²) in [6.45, 7) is 8.88. The Morgan fingerprint density at radius 1 is 1.08 bits per heavy atom. The summed E-state index contributed by atoms with van der Waals surface area (Å²) in [6.07, 6.45) is 5.23. The number of ether oxygens (including phenoxy) is 1. The lowest BCUT2D eigenvalue weighted by Gasteiger charge is -2.31.